The van der Waals surface area contributed by atoms with Gasteiger partial charge in [-0.15, -0.1) is 0 Å². The predicted octanol–water partition coefficient (Wildman–Crippen LogP) is 2.28. The van der Waals surface area contributed by atoms with Crippen LogP contribution in [0.4, 0.5) is 5.69 Å². The Kier molecular flexibility index (Phi) is 4.15. The van der Waals surface area contributed by atoms with Crippen molar-refractivity contribution in [1.29, 1.82) is 5.26 Å². The number of H-pyrrole nitrogens is 1. The number of pyridine rings is 2. The highest BCUT2D eigenvalue weighted by Crippen LogP contribution is 2.34. The third-order valence-corrected chi connectivity index (χ3v) is 5.84. The van der Waals surface area contributed by atoms with E-state index in [9.17, 15) is 5.26 Å². The van der Waals surface area contributed by atoms with Gasteiger partial charge >= 0.3 is 0 Å². The minimum Gasteiger partial charge on any atom is -0.379 e. The first-order valence-electron chi connectivity index (χ1n) is 9.57. The quantitative estimate of drug-likeness (QED) is 0.753. The summed E-state index contributed by atoms with van der Waals surface area (Å²) in [6, 6.07) is 6.75. The van der Waals surface area contributed by atoms with Crippen LogP contribution in [0.1, 0.15) is 18.5 Å². The summed E-state index contributed by atoms with van der Waals surface area (Å²) >= 11 is 0. The van der Waals surface area contributed by atoms with Gasteiger partial charge in [-0.1, -0.05) is 0 Å². The van der Waals surface area contributed by atoms with Crippen molar-refractivity contribution in [2.45, 2.75) is 18.9 Å². The minimum atomic E-state index is 0.434. The predicted molar refractivity (Wildman–Crippen MR) is 104 cm³/mol. The molecule has 0 aliphatic carbocycles. The fourth-order valence-corrected chi connectivity index (χ4v) is 4.44. The number of ether oxygens (including phenoxy) is 1. The molecule has 0 bridgehead atoms. The van der Waals surface area contributed by atoms with Crippen LogP contribution < -0.4 is 4.90 Å². The van der Waals surface area contributed by atoms with E-state index in [1.165, 1.54) is 5.69 Å². The minimum absolute atomic E-state index is 0.434. The second-order valence-corrected chi connectivity index (χ2v) is 7.27. The molecule has 0 radical (unpaired) electrons. The Morgan fingerprint density at radius 1 is 1.15 bits per heavy atom. The van der Waals surface area contributed by atoms with E-state index in [0.717, 1.165) is 74.2 Å². The summed E-state index contributed by atoms with van der Waals surface area (Å²) in [5.41, 5.74) is 3.41. The summed E-state index contributed by atoms with van der Waals surface area (Å²) in [6.45, 7) is 5.88. The largest absolute Gasteiger partial charge is 0.379 e. The number of aromatic nitrogens is 3. The molecule has 2 fully saturated rings. The molecular formula is C20H22N6O. The Balaban J connectivity index is 1.46. The molecule has 2 saturated heterocycles. The van der Waals surface area contributed by atoms with Gasteiger partial charge in [-0.05, 0) is 25.0 Å². The van der Waals surface area contributed by atoms with Crippen molar-refractivity contribution in [2.75, 3.05) is 44.3 Å². The molecule has 7 nitrogen and oxygen atoms in total. The zero-order valence-corrected chi connectivity index (χ0v) is 15.2. The number of nitrogens with zero attached hydrogens (tertiary/aromatic N) is 5. The van der Waals surface area contributed by atoms with Crippen LogP contribution in [-0.4, -0.2) is 65.3 Å². The van der Waals surface area contributed by atoms with Gasteiger partial charge in [0.25, 0.3) is 0 Å². The van der Waals surface area contributed by atoms with E-state index in [0.29, 0.717) is 11.7 Å². The third kappa shape index (κ3) is 2.91. The molecule has 5 heterocycles. The van der Waals surface area contributed by atoms with Crippen molar-refractivity contribution in [1.82, 2.24) is 19.9 Å². The highest BCUT2D eigenvalue weighted by Gasteiger charge is 2.27. The lowest BCUT2D eigenvalue weighted by atomic mass is 10.0. The van der Waals surface area contributed by atoms with Gasteiger partial charge in [-0.2, -0.15) is 5.26 Å². The fourth-order valence-electron chi connectivity index (χ4n) is 4.44. The molecule has 5 rings (SSSR count). The SMILES string of the molecule is N#Cc1cc2c(cn1)[nH]c1nccc(N3CCC(N4CCOCC4)CC3)c12. The smallest absolute Gasteiger partial charge is 0.141 e. The average Bonchev–Trinajstić information content (AvgIpc) is 3.12. The Morgan fingerprint density at radius 3 is 2.74 bits per heavy atom. The van der Waals surface area contributed by atoms with Crippen LogP contribution in [-0.2, 0) is 4.74 Å². The molecule has 0 spiro atoms. The summed E-state index contributed by atoms with van der Waals surface area (Å²) < 4.78 is 5.49. The molecule has 0 atom stereocenters. The van der Waals surface area contributed by atoms with Crippen molar-refractivity contribution in [3.8, 4) is 6.07 Å². The number of anilines is 1. The molecule has 0 saturated carbocycles. The molecule has 7 heteroatoms. The Morgan fingerprint density at radius 2 is 1.96 bits per heavy atom. The van der Waals surface area contributed by atoms with E-state index in [-0.39, 0.29) is 0 Å². The number of hydrogen-bond donors (Lipinski definition) is 1. The number of rotatable bonds is 2. The molecular weight excluding hydrogens is 340 g/mol. The van der Waals surface area contributed by atoms with Crippen LogP contribution in [0.2, 0.25) is 0 Å². The zero-order chi connectivity index (χ0) is 18.2. The second-order valence-electron chi connectivity index (χ2n) is 7.27. The number of fused-ring (bicyclic) bond motifs is 3. The Labute approximate surface area is 157 Å². The maximum absolute atomic E-state index is 9.22. The van der Waals surface area contributed by atoms with Crippen LogP contribution in [0.5, 0.6) is 0 Å². The van der Waals surface area contributed by atoms with Crippen LogP contribution in [0.15, 0.2) is 24.5 Å². The van der Waals surface area contributed by atoms with Gasteiger partial charge in [0.1, 0.15) is 17.4 Å². The van der Waals surface area contributed by atoms with Gasteiger partial charge in [-0.25, -0.2) is 9.97 Å². The van der Waals surface area contributed by atoms with Crippen LogP contribution in [0.25, 0.3) is 21.9 Å². The molecule has 3 aromatic rings. The molecule has 138 valence electrons. The normalized spacial score (nSPS) is 19.6. The maximum atomic E-state index is 9.22. The first-order valence-corrected chi connectivity index (χ1v) is 9.57. The van der Waals surface area contributed by atoms with E-state index in [1.54, 1.807) is 6.20 Å². The van der Waals surface area contributed by atoms with E-state index < -0.39 is 0 Å². The highest BCUT2D eigenvalue weighted by molar-refractivity contribution is 6.12. The summed E-state index contributed by atoms with van der Waals surface area (Å²) in [7, 11) is 0. The zero-order valence-electron chi connectivity index (χ0n) is 15.2. The van der Waals surface area contributed by atoms with Gasteiger partial charge in [0, 0.05) is 49.5 Å². The van der Waals surface area contributed by atoms with Crippen LogP contribution >= 0.6 is 0 Å². The Bertz CT molecular complexity index is 1010. The van der Waals surface area contributed by atoms with Gasteiger partial charge in [0.15, 0.2) is 0 Å². The number of hydrogen-bond acceptors (Lipinski definition) is 6. The van der Waals surface area contributed by atoms with Gasteiger partial charge in [0.05, 0.1) is 30.3 Å². The summed E-state index contributed by atoms with van der Waals surface area (Å²) in [4.78, 5) is 17.1. The van der Waals surface area contributed by atoms with E-state index in [1.807, 2.05) is 12.3 Å². The molecule has 3 aromatic heterocycles. The van der Waals surface area contributed by atoms with Gasteiger partial charge in [-0.3, -0.25) is 4.90 Å². The van der Waals surface area contributed by atoms with E-state index >= 15 is 0 Å². The lowest BCUT2D eigenvalue weighted by molar-refractivity contribution is 0.0115. The van der Waals surface area contributed by atoms with Crippen LogP contribution in [0, 0.1) is 11.3 Å². The Hall–Kier alpha value is -2.69. The average molecular weight is 362 g/mol. The molecule has 0 amide bonds. The fraction of sp³-hybridized carbons (Fsp3) is 0.450. The lowest BCUT2D eigenvalue weighted by Gasteiger charge is -2.41. The first kappa shape index (κ1) is 16.5. The highest BCUT2D eigenvalue weighted by atomic mass is 16.5. The van der Waals surface area contributed by atoms with Crippen LogP contribution in [0.3, 0.4) is 0 Å². The lowest BCUT2D eigenvalue weighted by Crippen LogP contribution is -2.49. The maximum Gasteiger partial charge on any atom is 0.141 e. The molecule has 0 unspecified atom stereocenters. The summed E-state index contributed by atoms with van der Waals surface area (Å²) in [5.74, 6) is 0. The van der Waals surface area contributed by atoms with Crippen molar-refractivity contribution < 1.29 is 4.74 Å². The molecule has 0 aromatic carbocycles. The van der Waals surface area contributed by atoms with Crippen molar-refractivity contribution >= 4 is 27.6 Å². The summed E-state index contributed by atoms with van der Waals surface area (Å²) in [6.07, 6.45) is 5.91. The molecule has 1 N–H and O–H groups in total. The standard InChI is InChI=1S/C20H22N6O/c21-12-14-11-16-17(13-23-14)24-20-19(16)18(1-4-22-20)26-5-2-15(3-6-26)25-7-9-27-10-8-25/h1,4,11,13,15H,2-3,5-10H2,(H,22,24). The molecule has 2 aliphatic heterocycles. The molecule has 27 heavy (non-hydrogen) atoms. The topological polar surface area (TPSA) is 81.1 Å². The van der Waals surface area contributed by atoms with Gasteiger partial charge in [0.2, 0.25) is 0 Å². The summed E-state index contributed by atoms with van der Waals surface area (Å²) in [5, 5.41) is 11.3. The first-order chi connectivity index (χ1) is 13.3. The number of morpholine rings is 1. The monoisotopic (exact) mass is 362 g/mol. The van der Waals surface area contributed by atoms with Crippen molar-refractivity contribution in [3.05, 3.63) is 30.2 Å². The van der Waals surface area contributed by atoms with Crippen molar-refractivity contribution in [3.63, 3.8) is 0 Å². The van der Waals surface area contributed by atoms with Gasteiger partial charge < -0.3 is 14.6 Å². The number of nitriles is 1. The second kappa shape index (κ2) is 6.80. The number of aromatic amines is 1. The van der Waals surface area contributed by atoms with E-state index in [4.69, 9.17) is 4.74 Å². The third-order valence-electron chi connectivity index (χ3n) is 5.84. The number of nitrogens with one attached hydrogen (secondary N) is 1. The van der Waals surface area contributed by atoms with Crippen molar-refractivity contribution in [2.24, 2.45) is 0 Å². The number of piperidine rings is 1. The van der Waals surface area contributed by atoms with E-state index in [2.05, 4.69) is 36.9 Å². The molecule has 2 aliphatic rings.